The van der Waals surface area contributed by atoms with Gasteiger partial charge in [-0.15, -0.1) is 0 Å². The summed E-state index contributed by atoms with van der Waals surface area (Å²) in [6.07, 6.45) is 1.47. The number of hydrazone groups is 1. The van der Waals surface area contributed by atoms with Gasteiger partial charge in [-0.2, -0.15) is 9.41 Å². The maximum absolute atomic E-state index is 13.3. The number of methoxy groups -OCH3 is 1. The summed E-state index contributed by atoms with van der Waals surface area (Å²) in [6, 6.07) is 20.4. The highest BCUT2D eigenvalue weighted by molar-refractivity contribution is 7.89. The Morgan fingerprint density at radius 3 is 2.36 bits per heavy atom. The van der Waals surface area contributed by atoms with Crippen LogP contribution in [0.2, 0.25) is 5.02 Å². The second kappa shape index (κ2) is 11.1. The fraction of sp³-hybridized carbons (Fsp3) is 0.167. The molecule has 0 radical (unpaired) electrons. The largest absolute Gasteiger partial charge is 0.497 e. The Labute approximate surface area is 198 Å². The molecule has 3 aromatic carbocycles. The minimum absolute atomic E-state index is 0.0350. The first kappa shape index (κ1) is 24.4. The van der Waals surface area contributed by atoms with Crippen molar-refractivity contribution in [2.45, 2.75) is 18.4 Å². The number of carbonyl (C=O) groups is 1. The SMILES string of the molecule is COc1ccc(/C=N\NC(=O)CN(Cc2ccccc2C)S(=O)(=O)c2ccc(Cl)cc2)cc1. The first-order chi connectivity index (χ1) is 15.8. The lowest BCUT2D eigenvalue weighted by Gasteiger charge is -2.22. The monoisotopic (exact) mass is 485 g/mol. The van der Waals surface area contributed by atoms with Crippen molar-refractivity contribution in [1.29, 1.82) is 0 Å². The Balaban J connectivity index is 1.78. The third kappa shape index (κ3) is 6.64. The summed E-state index contributed by atoms with van der Waals surface area (Å²) in [5, 5.41) is 4.36. The Hall–Kier alpha value is -3.20. The number of nitrogens with one attached hydrogen (secondary N) is 1. The zero-order chi connectivity index (χ0) is 23.8. The topological polar surface area (TPSA) is 88.1 Å². The van der Waals surface area contributed by atoms with Crippen LogP contribution < -0.4 is 10.2 Å². The number of halogens is 1. The predicted molar refractivity (Wildman–Crippen MR) is 129 cm³/mol. The van der Waals surface area contributed by atoms with Crippen molar-refractivity contribution >= 4 is 33.7 Å². The van der Waals surface area contributed by atoms with Crippen LogP contribution in [0.3, 0.4) is 0 Å². The molecular formula is C24H24ClN3O4S. The Kier molecular flexibility index (Phi) is 8.21. The van der Waals surface area contributed by atoms with E-state index in [1.54, 1.807) is 31.4 Å². The number of rotatable bonds is 9. The van der Waals surface area contributed by atoms with Gasteiger partial charge in [0.05, 0.1) is 24.8 Å². The van der Waals surface area contributed by atoms with Crippen molar-refractivity contribution in [2.24, 2.45) is 5.10 Å². The number of nitrogens with zero attached hydrogens (tertiary/aromatic N) is 2. The van der Waals surface area contributed by atoms with Crippen molar-refractivity contribution in [2.75, 3.05) is 13.7 Å². The summed E-state index contributed by atoms with van der Waals surface area (Å²) >= 11 is 5.91. The van der Waals surface area contributed by atoms with E-state index in [1.165, 1.54) is 30.5 Å². The molecule has 0 saturated heterocycles. The molecule has 9 heteroatoms. The van der Waals surface area contributed by atoms with Gasteiger partial charge in [0.15, 0.2) is 0 Å². The average Bonchev–Trinajstić information content (AvgIpc) is 2.80. The normalized spacial score (nSPS) is 11.6. The van der Waals surface area contributed by atoms with Crippen LogP contribution in [0.15, 0.2) is 82.8 Å². The van der Waals surface area contributed by atoms with Crippen molar-refractivity contribution < 1.29 is 17.9 Å². The van der Waals surface area contributed by atoms with Gasteiger partial charge in [-0.1, -0.05) is 35.9 Å². The quantitative estimate of drug-likeness (QED) is 0.366. The lowest BCUT2D eigenvalue weighted by molar-refractivity contribution is -0.121. The highest BCUT2D eigenvalue weighted by atomic mass is 35.5. The van der Waals surface area contributed by atoms with Gasteiger partial charge in [-0.3, -0.25) is 4.79 Å². The maximum Gasteiger partial charge on any atom is 0.255 e. The molecule has 0 saturated carbocycles. The first-order valence-corrected chi connectivity index (χ1v) is 11.9. The van der Waals surface area contributed by atoms with Gasteiger partial charge in [-0.25, -0.2) is 13.8 Å². The van der Waals surface area contributed by atoms with Crippen LogP contribution in [0, 0.1) is 6.92 Å². The molecule has 33 heavy (non-hydrogen) atoms. The van der Waals surface area contributed by atoms with Gasteiger partial charge >= 0.3 is 0 Å². The minimum atomic E-state index is -3.96. The van der Waals surface area contributed by atoms with Crippen molar-refractivity contribution in [3.63, 3.8) is 0 Å². The summed E-state index contributed by atoms with van der Waals surface area (Å²) in [6.45, 7) is 1.52. The number of hydrogen-bond donors (Lipinski definition) is 1. The third-order valence-electron chi connectivity index (χ3n) is 4.90. The second-order valence-corrected chi connectivity index (χ2v) is 9.59. The highest BCUT2D eigenvalue weighted by Crippen LogP contribution is 2.21. The van der Waals surface area contributed by atoms with Gasteiger partial charge in [0, 0.05) is 11.6 Å². The van der Waals surface area contributed by atoms with E-state index < -0.39 is 22.5 Å². The standard InChI is InChI=1S/C24H24ClN3O4S/c1-18-5-3-4-6-20(18)16-28(33(30,31)23-13-9-21(25)10-14-23)17-24(29)27-26-15-19-7-11-22(32-2)12-8-19/h3-15H,16-17H2,1-2H3,(H,27,29)/b26-15-. The molecule has 3 rings (SSSR count). The first-order valence-electron chi connectivity index (χ1n) is 10.1. The van der Waals surface area contributed by atoms with E-state index in [4.69, 9.17) is 16.3 Å². The Bertz CT molecular complexity index is 1230. The Morgan fingerprint density at radius 2 is 1.73 bits per heavy atom. The molecule has 7 nitrogen and oxygen atoms in total. The van der Waals surface area contributed by atoms with Crippen molar-refractivity contribution in [3.8, 4) is 5.75 Å². The van der Waals surface area contributed by atoms with E-state index in [0.717, 1.165) is 21.0 Å². The van der Waals surface area contributed by atoms with E-state index in [0.29, 0.717) is 10.8 Å². The maximum atomic E-state index is 13.3. The lowest BCUT2D eigenvalue weighted by atomic mass is 10.1. The molecule has 1 N–H and O–H groups in total. The molecule has 0 aliphatic rings. The van der Waals surface area contributed by atoms with E-state index in [2.05, 4.69) is 10.5 Å². The zero-order valence-electron chi connectivity index (χ0n) is 18.2. The average molecular weight is 486 g/mol. The molecule has 0 fully saturated rings. The molecule has 0 aliphatic heterocycles. The molecule has 0 unspecified atom stereocenters. The molecule has 1 amide bonds. The minimum Gasteiger partial charge on any atom is -0.497 e. The number of carbonyl (C=O) groups excluding carboxylic acids is 1. The summed E-state index contributed by atoms with van der Waals surface area (Å²) in [5.74, 6) is 0.140. The van der Waals surface area contributed by atoms with Crippen LogP contribution in [0.4, 0.5) is 0 Å². The van der Waals surface area contributed by atoms with Gasteiger partial charge in [0.2, 0.25) is 10.0 Å². The molecule has 0 heterocycles. The van der Waals surface area contributed by atoms with Gasteiger partial charge in [0.25, 0.3) is 5.91 Å². The number of sulfonamides is 1. The van der Waals surface area contributed by atoms with E-state index in [-0.39, 0.29) is 11.4 Å². The van der Waals surface area contributed by atoms with Crippen LogP contribution in [-0.2, 0) is 21.4 Å². The molecule has 0 aliphatic carbocycles. The van der Waals surface area contributed by atoms with Crippen LogP contribution in [0.1, 0.15) is 16.7 Å². The van der Waals surface area contributed by atoms with Gasteiger partial charge in [0.1, 0.15) is 5.75 Å². The van der Waals surface area contributed by atoms with E-state index >= 15 is 0 Å². The summed E-state index contributed by atoms with van der Waals surface area (Å²) in [4.78, 5) is 12.6. The molecule has 3 aromatic rings. The molecule has 0 spiro atoms. The van der Waals surface area contributed by atoms with Crippen LogP contribution >= 0.6 is 11.6 Å². The Morgan fingerprint density at radius 1 is 1.06 bits per heavy atom. The molecular weight excluding hydrogens is 462 g/mol. The second-order valence-electron chi connectivity index (χ2n) is 7.22. The molecule has 0 aromatic heterocycles. The number of hydrogen-bond acceptors (Lipinski definition) is 5. The summed E-state index contributed by atoms with van der Waals surface area (Å²) in [5.41, 5.74) is 4.87. The van der Waals surface area contributed by atoms with Gasteiger partial charge < -0.3 is 4.74 Å². The lowest BCUT2D eigenvalue weighted by Crippen LogP contribution is -2.39. The fourth-order valence-corrected chi connectivity index (χ4v) is 4.52. The van der Waals surface area contributed by atoms with Crippen LogP contribution in [-0.4, -0.2) is 38.5 Å². The van der Waals surface area contributed by atoms with Crippen molar-refractivity contribution in [3.05, 3.63) is 94.5 Å². The van der Waals surface area contributed by atoms with Crippen LogP contribution in [0.5, 0.6) is 5.75 Å². The van der Waals surface area contributed by atoms with Crippen LogP contribution in [0.25, 0.3) is 0 Å². The predicted octanol–water partition coefficient (Wildman–Crippen LogP) is 4.00. The number of amides is 1. The summed E-state index contributed by atoms with van der Waals surface area (Å²) < 4.78 is 32.8. The molecule has 0 bridgehead atoms. The number of ether oxygens (including phenoxy) is 1. The summed E-state index contributed by atoms with van der Waals surface area (Å²) in [7, 11) is -2.39. The van der Waals surface area contributed by atoms with E-state index in [1.807, 2.05) is 31.2 Å². The molecule has 0 atom stereocenters. The van der Waals surface area contributed by atoms with E-state index in [9.17, 15) is 13.2 Å². The fourth-order valence-electron chi connectivity index (χ4n) is 3.02. The number of aryl methyl sites for hydroxylation is 1. The smallest absolute Gasteiger partial charge is 0.255 e. The highest BCUT2D eigenvalue weighted by Gasteiger charge is 2.27. The van der Waals surface area contributed by atoms with Gasteiger partial charge in [-0.05, 0) is 72.1 Å². The molecule has 172 valence electrons. The zero-order valence-corrected chi connectivity index (χ0v) is 19.8. The number of benzene rings is 3. The third-order valence-corrected chi connectivity index (χ3v) is 6.96. The van der Waals surface area contributed by atoms with Crippen molar-refractivity contribution in [1.82, 2.24) is 9.73 Å².